The minimum Gasteiger partial charge on any atom is -0.493 e. The third kappa shape index (κ3) is 6.10. The molecule has 1 saturated heterocycles. The third-order valence-corrected chi connectivity index (χ3v) is 4.99. The Morgan fingerprint density at radius 2 is 1.89 bits per heavy atom. The molecule has 1 N–H and O–H groups in total. The van der Waals surface area contributed by atoms with E-state index in [4.69, 9.17) is 9.47 Å². The lowest BCUT2D eigenvalue weighted by Gasteiger charge is -2.34. The second-order valence-corrected chi connectivity index (χ2v) is 7.98. The van der Waals surface area contributed by atoms with E-state index in [1.165, 1.54) is 0 Å². The minimum atomic E-state index is -0.0488. The molecular weight excluding hydrogens is 426 g/mol. The maximum atomic E-state index is 12.9. The van der Waals surface area contributed by atoms with Gasteiger partial charge in [0, 0.05) is 37.8 Å². The van der Waals surface area contributed by atoms with E-state index in [1.807, 2.05) is 25.7 Å². The predicted octanol–water partition coefficient (Wildman–Crippen LogP) is 2.53. The summed E-state index contributed by atoms with van der Waals surface area (Å²) in [6.07, 6.45) is 0.885. The fraction of sp³-hybridized carbons (Fsp3) is 0.600. The average molecular weight is 456 g/mol. The van der Waals surface area contributed by atoms with Gasteiger partial charge in [-0.3, -0.25) is 14.5 Å². The van der Waals surface area contributed by atoms with Crippen molar-refractivity contribution in [3.8, 4) is 11.5 Å². The van der Waals surface area contributed by atoms with Gasteiger partial charge in [-0.2, -0.15) is 0 Å². The van der Waals surface area contributed by atoms with E-state index in [9.17, 15) is 9.59 Å². The molecule has 0 atom stereocenters. The zero-order chi connectivity index (χ0) is 20.7. The number of piperazine rings is 1. The third-order valence-electron chi connectivity index (χ3n) is 4.40. The number of benzene rings is 1. The molecule has 0 aliphatic carbocycles. The Morgan fingerprint density at radius 3 is 2.46 bits per heavy atom. The SMILES string of the molecule is CCCOc1c(Br)cc(C(=O)N2CCN(CC(=O)NC(C)C)CC2)cc1OC. The summed E-state index contributed by atoms with van der Waals surface area (Å²) in [5.41, 5.74) is 0.554. The summed E-state index contributed by atoms with van der Waals surface area (Å²) < 4.78 is 11.8. The minimum absolute atomic E-state index is 0.0195. The van der Waals surface area contributed by atoms with Gasteiger partial charge in [0.25, 0.3) is 5.91 Å². The molecule has 1 aliphatic rings. The van der Waals surface area contributed by atoms with Crippen LogP contribution >= 0.6 is 15.9 Å². The normalized spacial score (nSPS) is 14.9. The highest BCUT2D eigenvalue weighted by molar-refractivity contribution is 9.10. The van der Waals surface area contributed by atoms with Crippen LogP contribution in [0.3, 0.4) is 0 Å². The lowest BCUT2D eigenvalue weighted by Crippen LogP contribution is -2.51. The molecule has 0 unspecified atom stereocenters. The second-order valence-electron chi connectivity index (χ2n) is 7.13. The van der Waals surface area contributed by atoms with Gasteiger partial charge in [-0.1, -0.05) is 6.92 Å². The van der Waals surface area contributed by atoms with Gasteiger partial charge in [0.2, 0.25) is 5.91 Å². The van der Waals surface area contributed by atoms with E-state index in [0.29, 0.717) is 60.9 Å². The first kappa shape index (κ1) is 22.5. The van der Waals surface area contributed by atoms with Crippen LogP contribution in [0.1, 0.15) is 37.6 Å². The molecule has 1 aromatic carbocycles. The Hall–Kier alpha value is -1.80. The molecule has 8 heteroatoms. The van der Waals surface area contributed by atoms with Crippen molar-refractivity contribution in [3.63, 3.8) is 0 Å². The second kappa shape index (κ2) is 10.7. The molecular formula is C20H30BrN3O4. The van der Waals surface area contributed by atoms with Crippen LogP contribution in [0.5, 0.6) is 11.5 Å². The van der Waals surface area contributed by atoms with E-state index >= 15 is 0 Å². The zero-order valence-electron chi connectivity index (χ0n) is 17.1. The summed E-state index contributed by atoms with van der Waals surface area (Å²) in [4.78, 5) is 28.7. The van der Waals surface area contributed by atoms with E-state index in [0.717, 1.165) is 6.42 Å². The van der Waals surface area contributed by atoms with Gasteiger partial charge >= 0.3 is 0 Å². The smallest absolute Gasteiger partial charge is 0.254 e. The Balaban J connectivity index is 1.99. The molecule has 1 heterocycles. The number of rotatable bonds is 8. The first-order chi connectivity index (χ1) is 13.3. The Bertz CT molecular complexity index is 688. The van der Waals surface area contributed by atoms with Crippen molar-refractivity contribution in [2.45, 2.75) is 33.2 Å². The van der Waals surface area contributed by atoms with E-state index in [2.05, 4.69) is 26.1 Å². The van der Waals surface area contributed by atoms with Crippen LogP contribution in [0.15, 0.2) is 16.6 Å². The molecule has 1 aromatic rings. The molecule has 0 radical (unpaired) electrons. The number of nitrogens with zero attached hydrogens (tertiary/aromatic N) is 2. The number of halogens is 1. The number of amides is 2. The number of methoxy groups -OCH3 is 1. The molecule has 0 aromatic heterocycles. The summed E-state index contributed by atoms with van der Waals surface area (Å²) in [6.45, 7) is 9.38. The molecule has 2 rings (SSSR count). The largest absolute Gasteiger partial charge is 0.493 e. The molecule has 1 aliphatic heterocycles. The topological polar surface area (TPSA) is 71.1 Å². The quantitative estimate of drug-likeness (QED) is 0.651. The number of carbonyl (C=O) groups is 2. The summed E-state index contributed by atoms with van der Waals surface area (Å²) in [7, 11) is 1.57. The van der Waals surface area contributed by atoms with Gasteiger partial charge in [0.05, 0.1) is 24.7 Å². The lowest BCUT2D eigenvalue weighted by atomic mass is 10.1. The van der Waals surface area contributed by atoms with Gasteiger partial charge in [-0.05, 0) is 48.3 Å². The summed E-state index contributed by atoms with van der Waals surface area (Å²) in [5, 5.41) is 2.90. The van der Waals surface area contributed by atoms with Crippen molar-refractivity contribution in [1.82, 2.24) is 15.1 Å². The Morgan fingerprint density at radius 1 is 1.21 bits per heavy atom. The summed E-state index contributed by atoms with van der Waals surface area (Å²) >= 11 is 3.49. The number of hydrogen-bond donors (Lipinski definition) is 1. The van der Waals surface area contributed by atoms with Crippen molar-refractivity contribution in [1.29, 1.82) is 0 Å². The van der Waals surface area contributed by atoms with Crippen molar-refractivity contribution in [2.24, 2.45) is 0 Å². The van der Waals surface area contributed by atoms with Gasteiger partial charge in [0.15, 0.2) is 11.5 Å². The van der Waals surface area contributed by atoms with E-state index < -0.39 is 0 Å². The van der Waals surface area contributed by atoms with Crippen LogP contribution in [0.4, 0.5) is 0 Å². The summed E-state index contributed by atoms with van der Waals surface area (Å²) in [5.74, 6) is 1.12. The van der Waals surface area contributed by atoms with Crippen LogP contribution in [-0.2, 0) is 4.79 Å². The maximum absolute atomic E-state index is 12.9. The van der Waals surface area contributed by atoms with Crippen LogP contribution in [0, 0.1) is 0 Å². The molecule has 0 spiro atoms. The molecule has 0 bridgehead atoms. The van der Waals surface area contributed by atoms with Gasteiger partial charge in [0.1, 0.15) is 0 Å². The summed E-state index contributed by atoms with van der Waals surface area (Å²) in [6, 6.07) is 3.63. The Kier molecular flexibility index (Phi) is 8.57. The van der Waals surface area contributed by atoms with Crippen LogP contribution in [0.25, 0.3) is 0 Å². The number of ether oxygens (including phenoxy) is 2. The number of hydrogen-bond acceptors (Lipinski definition) is 5. The van der Waals surface area contributed by atoms with Crippen LogP contribution in [0.2, 0.25) is 0 Å². The molecule has 7 nitrogen and oxygen atoms in total. The van der Waals surface area contributed by atoms with Crippen LogP contribution in [-0.4, -0.2) is 74.1 Å². The fourth-order valence-electron chi connectivity index (χ4n) is 3.05. The zero-order valence-corrected chi connectivity index (χ0v) is 18.7. The monoisotopic (exact) mass is 455 g/mol. The van der Waals surface area contributed by atoms with Crippen molar-refractivity contribution in [3.05, 3.63) is 22.2 Å². The number of nitrogens with one attached hydrogen (secondary N) is 1. The molecule has 28 heavy (non-hydrogen) atoms. The first-order valence-corrected chi connectivity index (χ1v) is 10.5. The fourth-order valence-corrected chi connectivity index (χ4v) is 3.61. The first-order valence-electron chi connectivity index (χ1n) is 9.67. The highest BCUT2D eigenvalue weighted by Gasteiger charge is 2.25. The number of carbonyl (C=O) groups excluding carboxylic acids is 2. The van der Waals surface area contributed by atoms with Crippen molar-refractivity contribution in [2.75, 3.05) is 46.4 Å². The van der Waals surface area contributed by atoms with Crippen LogP contribution < -0.4 is 14.8 Å². The molecule has 0 saturated carbocycles. The van der Waals surface area contributed by atoms with Gasteiger partial charge in [-0.25, -0.2) is 0 Å². The highest BCUT2D eigenvalue weighted by Crippen LogP contribution is 2.37. The van der Waals surface area contributed by atoms with E-state index in [-0.39, 0.29) is 17.9 Å². The van der Waals surface area contributed by atoms with Crippen molar-refractivity contribution < 1.29 is 19.1 Å². The van der Waals surface area contributed by atoms with Crippen molar-refractivity contribution >= 4 is 27.7 Å². The van der Waals surface area contributed by atoms with Gasteiger partial charge in [-0.15, -0.1) is 0 Å². The standard InChI is InChI=1S/C20H30BrN3O4/c1-5-10-28-19-16(21)11-15(12-17(19)27-4)20(26)24-8-6-23(7-9-24)13-18(25)22-14(2)3/h11-12,14H,5-10,13H2,1-4H3,(H,22,25). The molecule has 156 valence electrons. The average Bonchev–Trinajstić information content (AvgIpc) is 2.65. The van der Waals surface area contributed by atoms with E-state index in [1.54, 1.807) is 19.2 Å². The molecule has 1 fully saturated rings. The van der Waals surface area contributed by atoms with Gasteiger partial charge < -0.3 is 19.7 Å². The lowest BCUT2D eigenvalue weighted by molar-refractivity contribution is -0.123. The highest BCUT2D eigenvalue weighted by atomic mass is 79.9. The molecule has 2 amide bonds. The maximum Gasteiger partial charge on any atom is 0.254 e. The predicted molar refractivity (Wildman–Crippen MR) is 112 cm³/mol. The Labute approximate surface area is 175 Å².